The quantitative estimate of drug-likeness (QED) is 0.796. The molecule has 0 spiro atoms. The van der Waals surface area contributed by atoms with Crippen LogP contribution in [0.2, 0.25) is 0 Å². The van der Waals surface area contributed by atoms with Crippen molar-refractivity contribution in [2.24, 2.45) is 0 Å². The Balaban J connectivity index is 1.85. The molecule has 1 fully saturated rings. The summed E-state index contributed by atoms with van der Waals surface area (Å²) in [5, 5.41) is 3.81. The van der Waals surface area contributed by atoms with Gasteiger partial charge in [0.05, 0.1) is 17.4 Å². The lowest BCUT2D eigenvalue weighted by molar-refractivity contribution is 0.00578. The molecular weight excluding hydrogens is 265 g/mol. The molecule has 0 aliphatic carbocycles. The first-order valence-corrected chi connectivity index (χ1v) is 7.17. The lowest BCUT2D eigenvalue weighted by Gasteiger charge is -2.32. The van der Waals surface area contributed by atoms with Gasteiger partial charge in [-0.2, -0.15) is 0 Å². The summed E-state index contributed by atoms with van der Waals surface area (Å²) in [6, 6.07) is 8.04. The normalized spacial score (nSPS) is 20.0. The molecule has 2 heterocycles. The van der Waals surface area contributed by atoms with Crippen molar-refractivity contribution in [2.45, 2.75) is 45.8 Å². The average molecular weight is 285 g/mol. The Labute approximate surface area is 125 Å². The Morgan fingerprint density at radius 3 is 2.00 bits per heavy atom. The molecule has 1 aromatic heterocycles. The third kappa shape index (κ3) is 2.41. The van der Waals surface area contributed by atoms with Crippen LogP contribution in [0.4, 0.5) is 0 Å². The van der Waals surface area contributed by atoms with Gasteiger partial charge in [-0.25, -0.2) is 0 Å². The standard InChI is InChI=1S/C16H20BNO3/c1-11-10-18-19-14(11)12-6-8-13(9-7-12)17-20-15(2,3)16(4,5)21-17/h6-10H,1-5H3. The first kappa shape index (κ1) is 14.4. The first-order chi connectivity index (χ1) is 9.80. The minimum Gasteiger partial charge on any atom is -0.399 e. The highest BCUT2D eigenvalue weighted by molar-refractivity contribution is 6.62. The molecule has 1 aliphatic heterocycles. The molecule has 2 aromatic rings. The maximum atomic E-state index is 6.05. The lowest BCUT2D eigenvalue weighted by Crippen LogP contribution is -2.41. The van der Waals surface area contributed by atoms with Gasteiger partial charge in [-0.05, 0) is 40.1 Å². The van der Waals surface area contributed by atoms with Crippen molar-refractivity contribution in [1.82, 2.24) is 5.16 Å². The number of rotatable bonds is 2. The number of aryl methyl sites for hydroxylation is 1. The fourth-order valence-corrected chi connectivity index (χ4v) is 2.34. The summed E-state index contributed by atoms with van der Waals surface area (Å²) < 4.78 is 17.4. The Kier molecular flexibility index (Phi) is 3.22. The van der Waals surface area contributed by atoms with Crippen LogP contribution < -0.4 is 5.46 Å². The van der Waals surface area contributed by atoms with E-state index in [0.29, 0.717) is 0 Å². The van der Waals surface area contributed by atoms with E-state index in [1.54, 1.807) is 6.20 Å². The van der Waals surface area contributed by atoms with E-state index < -0.39 is 0 Å². The van der Waals surface area contributed by atoms with E-state index in [1.165, 1.54) is 0 Å². The topological polar surface area (TPSA) is 44.5 Å². The lowest BCUT2D eigenvalue weighted by atomic mass is 9.79. The SMILES string of the molecule is Cc1cnoc1-c1ccc(B2OC(C)(C)C(C)(C)O2)cc1. The van der Waals surface area contributed by atoms with Crippen LogP contribution in [0.1, 0.15) is 33.3 Å². The Bertz CT molecular complexity index is 630. The molecule has 21 heavy (non-hydrogen) atoms. The van der Waals surface area contributed by atoms with Gasteiger partial charge in [-0.3, -0.25) is 0 Å². The van der Waals surface area contributed by atoms with Crippen LogP contribution in [-0.4, -0.2) is 23.5 Å². The van der Waals surface area contributed by atoms with Crippen molar-refractivity contribution in [3.63, 3.8) is 0 Å². The van der Waals surface area contributed by atoms with Crippen molar-refractivity contribution in [1.29, 1.82) is 0 Å². The fourth-order valence-electron chi connectivity index (χ4n) is 2.34. The van der Waals surface area contributed by atoms with E-state index in [4.69, 9.17) is 13.8 Å². The van der Waals surface area contributed by atoms with Gasteiger partial charge in [-0.1, -0.05) is 29.4 Å². The second-order valence-corrected chi connectivity index (χ2v) is 6.55. The van der Waals surface area contributed by atoms with Crippen molar-refractivity contribution in [2.75, 3.05) is 0 Å². The zero-order valence-corrected chi connectivity index (χ0v) is 13.1. The van der Waals surface area contributed by atoms with Gasteiger partial charge in [0.1, 0.15) is 0 Å². The zero-order chi connectivity index (χ0) is 15.3. The van der Waals surface area contributed by atoms with E-state index in [2.05, 4.69) is 32.9 Å². The third-order valence-electron chi connectivity index (χ3n) is 4.45. The first-order valence-electron chi connectivity index (χ1n) is 7.17. The molecule has 0 unspecified atom stereocenters. The monoisotopic (exact) mass is 285 g/mol. The largest absolute Gasteiger partial charge is 0.494 e. The minimum absolute atomic E-state index is 0.322. The summed E-state index contributed by atoms with van der Waals surface area (Å²) in [4.78, 5) is 0. The third-order valence-corrected chi connectivity index (χ3v) is 4.45. The number of benzene rings is 1. The van der Waals surface area contributed by atoms with E-state index in [1.807, 2.05) is 31.2 Å². The molecule has 0 saturated carbocycles. The van der Waals surface area contributed by atoms with Crippen LogP contribution in [0, 0.1) is 6.92 Å². The van der Waals surface area contributed by atoms with Gasteiger partial charge in [0.25, 0.3) is 0 Å². The van der Waals surface area contributed by atoms with Crippen LogP contribution in [0.3, 0.4) is 0 Å². The van der Waals surface area contributed by atoms with Gasteiger partial charge >= 0.3 is 7.12 Å². The molecule has 1 saturated heterocycles. The molecule has 0 amide bonds. The molecule has 0 bridgehead atoms. The molecule has 5 heteroatoms. The van der Waals surface area contributed by atoms with Gasteiger partial charge in [-0.15, -0.1) is 0 Å². The second kappa shape index (κ2) is 4.72. The highest BCUT2D eigenvalue weighted by atomic mass is 16.7. The van der Waals surface area contributed by atoms with Crippen molar-refractivity contribution in [3.05, 3.63) is 36.0 Å². The van der Waals surface area contributed by atoms with Crippen LogP contribution in [0.25, 0.3) is 11.3 Å². The highest BCUT2D eigenvalue weighted by Crippen LogP contribution is 2.36. The van der Waals surface area contributed by atoms with Gasteiger partial charge in [0.2, 0.25) is 0 Å². The second-order valence-electron chi connectivity index (χ2n) is 6.55. The minimum atomic E-state index is -0.333. The summed E-state index contributed by atoms with van der Waals surface area (Å²) >= 11 is 0. The van der Waals surface area contributed by atoms with Gasteiger partial charge in [0, 0.05) is 11.1 Å². The van der Waals surface area contributed by atoms with E-state index in [-0.39, 0.29) is 18.3 Å². The summed E-state index contributed by atoms with van der Waals surface area (Å²) in [7, 11) is -0.333. The van der Waals surface area contributed by atoms with Crippen LogP contribution in [-0.2, 0) is 9.31 Å². The summed E-state index contributed by atoms with van der Waals surface area (Å²) in [6.07, 6.45) is 1.72. The van der Waals surface area contributed by atoms with Crippen LogP contribution in [0.15, 0.2) is 35.0 Å². The highest BCUT2D eigenvalue weighted by Gasteiger charge is 2.51. The van der Waals surface area contributed by atoms with E-state index >= 15 is 0 Å². The molecule has 0 radical (unpaired) electrons. The maximum Gasteiger partial charge on any atom is 0.494 e. The van der Waals surface area contributed by atoms with Crippen LogP contribution in [0.5, 0.6) is 0 Å². The Morgan fingerprint density at radius 2 is 1.52 bits per heavy atom. The molecule has 0 N–H and O–H groups in total. The molecule has 0 atom stereocenters. The Morgan fingerprint density at radius 1 is 0.952 bits per heavy atom. The van der Waals surface area contributed by atoms with E-state index in [0.717, 1.165) is 22.3 Å². The average Bonchev–Trinajstić information content (AvgIpc) is 2.92. The number of hydrogen-bond acceptors (Lipinski definition) is 4. The van der Waals surface area contributed by atoms with Crippen molar-refractivity contribution < 1.29 is 13.8 Å². The van der Waals surface area contributed by atoms with Gasteiger partial charge in [0.15, 0.2) is 5.76 Å². The fraction of sp³-hybridized carbons (Fsp3) is 0.438. The smallest absolute Gasteiger partial charge is 0.399 e. The predicted octanol–water partition coefficient (Wildman–Crippen LogP) is 2.95. The molecule has 3 rings (SSSR count). The summed E-state index contributed by atoms with van der Waals surface area (Å²) in [5.41, 5.74) is 2.40. The van der Waals surface area contributed by atoms with Gasteiger partial charge < -0.3 is 13.8 Å². The molecule has 1 aliphatic rings. The van der Waals surface area contributed by atoms with E-state index in [9.17, 15) is 0 Å². The molecule has 4 nitrogen and oxygen atoms in total. The number of aromatic nitrogens is 1. The Hall–Kier alpha value is -1.59. The molecule has 1 aromatic carbocycles. The molecule has 110 valence electrons. The van der Waals surface area contributed by atoms with Crippen molar-refractivity contribution in [3.8, 4) is 11.3 Å². The zero-order valence-electron chi connectivity index (χ0n) is 13.1. The van der Waals surface area contributed by atoms with Crippen LogP contribution >= 0.6 is 0 Å². The number of hydrogen-bond donors (Lipinski definition) is 0. The summed E-state index contributed by atoms with van der Waals surface area (Å²) in [6.45, 7) is 10.2. The molecular formula is C16H20BNO3. The summed E-state index contributed by atoms with van der Waals surface area (Å²) in [5.74, 6) is 0.801. The van der Waals surface area contributed by atoms with Crippen molar-refractivity contribution >= 4 is 12.6 Å². The maximum absolute atomic E-state index is 6.05. The predicted molar refractivity (Wildman–Crippen MR) is 82.4 cm³/mol. The number of nitrogens with zero attached hydrogens (tertiary/aromatic N) is 1.